The lowest BCUT2D eigenvalue weighted by atomic mass is 10.0. The van der Waals surface area contributed by atoms with E-state index in [-0.39, 0.29) is 23.8 Å². The molecule has 6 nitrogen and oxygen atoms in total. The first-order valence-corrected chi connectivity index (χ1v) is 13.3. The van der Waals surface area contributed by atoms with Gasteiger partial charge in [-0.1, -0.05) is 30.3 Å². The van der Waals surface area contributed by atoms with E-state index in [9.17, 15) is 9.59 Å². The molecule has 7 heteroatoms. The van der Waals surface area contributed by atoms with Crippen LogP contribution in [0.15, 0.2) is 36.4 Å². The summed E-state index contributed by atoms with van der Waals surface area (Å²) in [7, 11) is 0. The van der Waals surface area contributed by atoms with Gasteiger partial charge < -0.3 is 19.9 Å². The number of carbonyl (C=O) groups excluding carboxylic acids is 2. The minimum absolute atomic E-state index is 0.0117. The van der Waals surface area contributed by atoms with Crippen molar-refractivity contribution in [1.29, 1.82) is 0 Å². The summed E-state index contributed by atoms with van der Waals surface area (Å²) in [5, 5.41) is 3.30. The molecule has 0 saturated carbocycles. The van der Waals surface area contributed by atoms with Crippen molar-refractivity contribution in [2.75, 3.05) is 45.9 Å². The average molecular weight is 482 g/mol. The SMILES string of the molecule is Cc1cc(C(=O)N2CC3CN(CCC(NC(=O)C4CCOC4)c4ccccc4)C[C@H]3C2)c(C)s1. The molecule has 2 aromatic rings. The number of amides is 2. The topological polar surface area (TPSA) is 61.9 Å². The second kappa shape index (κ2) is 10.2. The number of hydrogen-bond donors (Lipinski definition) is 1. The second-order valence-corrected chi connectivity index (χ2v) is 11.6. The van der Waals surface area contributed by atoms with Crippen molar-refractivity contribution in [3.05, 3.63) is 57.3 Å². The fraction of sp³-hybridized carbons (Fsp3) is 0.556. The van der Waals surface area contributed by atoms with E-state index in [4.69, 9.17) is 4.74 Å². The first kappa shape index (κ1) is 23.5. The van der Waals surface area contributed by atoms with Crippen LogP contribution >= 0.6 is 11.3 Å². The summed E-state index contributed by atoms with van der Waals surface area (Å²) in [5.74, 6) is 1.37. The molecule has 2 amide bonds. The summed E-state index contributed by atoms with van der Waals surface area (Å²) in [6.45, 7) is 10.0. The molecule has 3 unspecified atom stereocenters. The van der Waals surface area contributed by atoms with Crippen molar-refractivity contribution < 1.29 is 14.3 Å². The predicted molar refractivity (Wildman–Crippen MR) is 134 cm³/mol. The zero-order valence-electron chi connectivity index (χ0n) is 20.2. The van der Waals surface area contributed by atoms with Gasteiger partial charge in [-0.15, -0.1) is 11.3 Å². The Morgan fingerprint density at radius 3 is 2.47 bits per heavy atom. The highest BCUT2D eigenvalue weighted by molar-refractivity contribution is 7.12. The number of aryl methyl sites for hydroxylation is 2. The standard InChI is InChI=1S/C27H35N3O3S/c1-18-12-24(19(2)34-18)27(32)30-15-22-13-29(14-23(22)16-30)10-8-25(20-6-4-3-5-7-20)28-26(31)21-9-11-33-17-21/h3-7,12,21-23,25H,8-11,13-17H2,1-2H3,(H,28,31)/t21?,22-,23?,25?/m0/s1. The fourth-order valence-electron chi connectivity index (χ4n) is 5.80. The van der Waals surface area contributed by atoms with Crippen molar-refractivity contribution in [1.82, 2.24) is 15.1 Å². The Balaban J connectivity index is 1.16. The quantitative estimate of drug-likeness (QED) is 0.656. The Kier molecular flexibility index (Phi) is 7.04. The highest BCUT2D eigenvalue weighted by atomic mass is 32.1. The van der Waals surface area contributed by atoms with Gasteiger partial charge in [0.25, 0.3) is 5.91 Å². The number of hydrogen-bond acceptors (Lipinski definition) is 5. The smallest absolute Gasteiger partial charge is 0.254 e. The zero-order chi connectivity index (χ0) is 23.7. The van der Waals surface area contributed by atoms with Crippen molar-refractivity contribution in [2.24, 2.45) is 17.8 Å². The molecule has 1 aromatic carbocycles. The Morgan fingerprint density at radius 2 is 1.85 bits per heavy atom. The van der Waals surface area contributed by atoms with Crippen LogP contribution in [-0.2, 0) is 9.53 Å². The summed E-state index contributed by atoms with van der Waals surface area (Å²) in [4.78, 5) is 32.8. The number of nitrogens with one attached hydrogen (secondary N) is 1. The van der Waals surface area contributed by atoms with E-state index < -0.39 is 0 Å². The van der Waals surface area contributed by atoms with Gasteiger partial charge in [0, 0.05) is 49.1 Å². The Labute approximate surface area is 206 Å². The molecule has 1 aromatic heterocycles. The van der Waals surface area contributed by atoms with E-state index >= 15 is 0 Å². The monoisotopic (exact) mass is 481 g/mol. The molecule has 0 bridgehead atoms. The van der Waals surface area contributed by atoms with Gasteiger partial charge in [-0.3, -0.25) is 9.59 Å². The van der Waals surface area contributed by atoms with Gasteiger partial charge in [0.15, 0.2) is 0 Å². The molecule has 4 atom stereocenters. The number of ether oxygens (including phenoxy) is 1. The van der Waals surface area contributed by atoms with Crippen molar-refractivity contribution in [3.63, 3.8) is 0 Å². The van der Waals surface area contributed by atoms with E-state index in [0.717, 1.165) is 61.6 Å². The van der Waals surface area contributed by atoms with Gasteiger partial charge in [0.2, 0.25) is 5.91 Å². The van der Waals surface area contributed by atoms with Gasteiger partial charge in [0.05, 0.1) is 24.1 Å². The summed E-state index contributed by atoms with van der Waals surface area (Å²) >= 11 is 1.70. The molecule has 3 saturated heterocycles. The molecule has 0 aliphatic carbocycles. The third kappa shape index (κ3) is 5.07. The van der Waals surface area contributed by atoms with Crippen LogP contribution in [0.5, 0.6) is 0 Å². The maximum atomic E-state index is 13.0. The summed E-state index contributed by atoms with van der Waals surface area (Å²) in [6, 6.07) is 12.3. The van der Waals surface area contributed by atoms with Gasteiger partial charge in [-0.05, 0) is 50.2 Å². The largest absolute Gasteiger partial charge is 0.381 e. The van der Waals surface area contributed by atoms with Crippen molar-refractivity contribution >= 4 is 23.2 Å². The predicted octanol–water partition coefficient (Wildman–Crippen LogP) is 3.65. The van der Waals surface area contributed by atoms with Crippen LogP contribution in [0.1, 0.15) is 44.6 Å². The average Bonchev–Trinajstić information content (AvgIpc) is 3.61. The lowest BCUT2D eigenvalue weighted by molar-refractivity contribution is -0.125. The Bertz CT molecular complexity index is 1000. The first-order valence-electron chi connectivity index (χ1n) is 12.5. The van der Waals surface area contributed by atoms with Gasteiger partial charge >= 0.3 is 0 Å². The van der Waals surface area contributed by atoms with Gasteiger partial charge in [-0.25, -0.2) is 0 Å². The molecular weight excluding hydrogens is 446 g/mol. The molecule has 182 valence electrons. The van der Waals surface area contributed by atoms with Crippen LogP contribution in [0.2, 0.25) is 0 Å². The van der Waals surface area contributed by atoms with Gasteiger partial charge in [0.1, 0.15) is 0 Å². The molecular formula is C27H35N3O3S. The minimum Gasteiger partial charge on any atom is -0.381 e. The van der Waals surface area contributed by atoms with E-state index in [0.29, 0.717) is 25.0 Å². The van der Waals surface area contributed by atoms with E-state index in [1.807, 2.05) is 31.2 Å². The van der Waals surface area contributed by atoms with E-state index in [1.165, 1.54) is 4.88 Å². The second-order valence-electron chi connectivity index (χ2n) is 10.1. The lowest BCUT2D eigenvalue weighted by Crippen LogP contribution is -2.37. The number of rotatable bonds is 7. The van der Waals surface area contributed by atoms with Crippen LogP contribution < -0.4 is 5.32 Å². The maximum absolute atomic E-state index is 13.0. The Hall–Kier alpha value is -2.22. The maximum Gasteiger partial charge on any atom is 0.254 e. The molecule has 0 radical (unpaired) electrons. The van der Waals surface area contributed by atoms with E-state index in [2.05, 4.69) is 34.2 Å². The molecule has 3 fully saturated rings. The summed E-state index contributed by atoms with van der Waals surface area (Å²) in [5.41, 5.74) is 2.04. The van der Waals surface area contributed by atoms with Crippen LogP contribution in [-0.4, -0.2) is 67.6 Å². The minimum atomic E-state index is -0.0310. The van der Waals surface area contributed by atoms with Crippen molar-refractivity contribution in [3.8, 4) is 0 Å². The molecule has 3 aliphatic heterocycles. The highest BCUT2D eigenvalue weighted by Gasteiger charge is 2.42. The van der Waals surface area contributed by atoms with Crippen LogP contribution in [0, 0.1) is 31.6 Å². The number of thiophene rings is 1. The zero-order valence-corrected chi connectivity index (χ0v) is 21.0. The van der Waals surface area contributed by atoms with Crippen LogP contribution in [0.3, 0.4) is 0 Å². The van der Waals surface area contributed by atoms with Gasteiger partial charge in [-0.2, -0.15) is 0 Å². The normalized spacial score (nSPS) is 25.5. The van der Waals surface area contributed by atoms with E-state index in [1.54, 1.807) is 11.3 Å². The molecule has 3 aliphatic rings. The molecule has 0 spiro atoms. The summed E-state index contributed by atoms with van der Waals surface area (Å²) < 4.78 is 5.41. The third-order valence-corrected chi connectivity index (χ3v) is 8.64. The first-order chi connectivity index (χ1) is 16.5. The molecule has 34 heavy (non-hydrogen) atoms. The van der Waals surface area contributed by atoms with Crippen LogP contribution in [0.4, 0.5) is 0 Å². The molecule has 1 N–H and O–H groups in total. The number of fused-ring (bicyclic) bond motifs is 1. The number of benzene rings is 1. The lowest BCUT2D eigenvalue weighted by Gasteiger charge is -2.25. The molecule has 4 heterocycles. The van der Waals surface area contributed by atoms with Crippen LogP contribution in [0.25, 0.3) is 0 Å². The highest BCUT2D eigenvalue weighted by Crippen LogP contribution is 2.34. The molecule has 5 rings (SSSR count). The number of nitrogens with zero attached hydrogens (tertiary/aromatic N) is 2. The Morgan fingerprint density at radius 1 is 1.12 bits per heavy atom. The number of carbonyl (C=O) groups is 2. The number of likely N-dealkylation sites (tertiary alicyclic amines) is 2. The third-order valence-electron chi connectivity index (χ3n) is 7.67. The fourth-order valence-corrected chi connectivity index (χ4v) is 6.72. The van der Waals surface area contributed by atoms with Crippen molar-refractivity contribution in [2.45, 2.75) is 32.7 Å². The summed E-state index contributed by atoms with van der Waals surface area (Å²) in [6.07, 6.45) is 1.70.